The molecule has 1 aromatic heterocycles. The minimum atomic E-state index is -0.777. The zero-order valence-corrected chi connectivity index (χ0v) is 12.3. The SMILES string of the molecule is CCOC(=O)C1CCN(C(=O)C(=O)Nc2ncccn2)CC1. The van der Waals surface area contributed by atoms with Crippen molar-refractivity contribution in [2.24, 2.45) is 5.92 Å². The lowest BCUT2D eigenvalue weighted by Crippen LogP contribution is -2.45. The second-order valence-electron chi connectivity index (χ2n) is 4.85. The molecule has 22 heavy (non-hydrogen) atoms. The normalized spacial score (nSPS) is 15.2. The first-order chi connectivity index (χ1) is 10.6. The van der Waals surface area contributed by atoms with Gasteiger partial charge in [0.1, 0.15) is 0 Å². The van der Waals surface area contributed by atoms with Crippen molar-refractivity contribution in [3.63, 3.8) is 0 Å². The van der Waals surface area contributed by atoms with Gasteiger partial charge in [-0.05, 0) is 25.8 Å². The summed E-state index contributed by atoms with van der Waals surface area (Å²) in [6, 6.07) is 1.61. The standard InChI is InChI=1S/C14H18N4O4/c1-2-22-13(21)10-4-8-18(9-5-10)12(20)11(19)17-14-15-6-3-7-16-14/h3,6-7,10H,2,4-5,8-9H2,1H3,(H,15,16,17,19). The van der Waals surface area contributed by atoms with Crippen molar-refractivity contribution in [3.8, 4) is 0 Å². The van der Waals surface area contributed by atoms with E-state index in [1.807, 2.05) is 0 Å². The van der Waals surface area contributed by atoms with Crippen LogP contribution in [0.2, 0.25) is 0 Å². The molecule has 8 heteroatoms. The number of carbonyl (C=O) groups excluding carboxylic acids is 3. The van der Waals surface area contributed by atoms with E-state index in [1.54, 1.807) is 13.0 Å². The molecule has 0 radical (unpaired) electrons. The van der Waals surface area contributed by atoms with Crippen LogP contribution in [-0.2, 0) is 19.1 Å². The summed E-state index contributed by atoms with van der Waals surface area (Å²) in [7, 11) is 0. The van der Waals surface area contributed by atoms with E-state index in [1.165, 1.54) is 17.3 Å². The molecule has 0 bridgehead atoms. The van der Waals surface area contributed by atoms with Crippen LogP contribution in [-0.4, -0.2) is 52.3 Å². The molecule has 8 nitrogen and oxygen atoms in total. The number of rotatable bonds is 3. The summed E-state index contributed by atoms with van der Waals surface area (Å²) in [5.41, 5.74) is 0. The van der Waals surface area contributed by atoms with Crippen molar-refractivity contribution in [3.05, 3.63) is 18.5 Å². The van der Waals surface area contributed by atoms with Crippen LogP contribution in [0.1, 0.15) is 19.8 Å². The van der Waals surface area contributed by atoms with E-state index in [0.717, 1.165) is 0 Å². The number of esters is 1. The number of anilines is 1. The van der Waals surface area contributed by atoms with E-state index in [2.05, 4.69) is 15.3 Å². The molecule has 0 spiro atoms. The van der Waals surface area contributed by atoms with Gasteiger partial charge in [-0.25, -0.2) is 9.97 Å². The van der Waals surface area contributed by atoms with Gasteiger partial charge < -0.3 is 9.64 Å². The average Bonchev–Trinajstić information content (AvgIpc) is 2.55. The first-order valence-electron chi connectivity index (χ1n) is 7.15. The topological polar surface area (TPSA) is 101 Å². The molecule has 1 aliphatic rings. The molecular formula is C14H18N4O4. The zero-order chi connectivity index (χ0) is 15.9. The molecule has 1 N–H and O–H groups in total. The van der Waals surface area contributed by atoms with Crippen molar-refractivity contribution in [1.82, 2.24) is 14.9 Å². The van der Waals surface area contributed by atoms with Gasteiger partial charge in [0.15, 0.2) is 0 Å². The Morgan fingerprint density at radius 1 is 1.27 bits per heavy atom. The molecule has 0 atom stereocenters. The van der Waals surface area contributed by atoms with Gasteiger partial charge in [0.05, 0.1) is 12.5 Å². The van der Waals surface area contributed by atoms with Gasteiger partial charge in [-0.3, -0.25) is 19.7 Å². The van der Waals surface area contributed by atoms with Gasteiger partial charge in [-0.2, -0.15) is 0 Å². The minimum Gasteiger partial charge on any atom is -0.466 e. The van der Waals surface area contributed by atoms with Crippen LogP contribution in [0.15, 0.2) is 18.5 Å². The van der Waals surface area contributed by atoms with E-state index in [0.29, 0.717) is 32.5 Å². The molecular weight excluding hydrogens is 288 g/mol. The van der Waals surface area contributed by atoms with E-state index in [4.69, 9.17) is 4.74 Å². The Bertz CT molecular complexity index is 541. The minimum absolute atomic E-state index is 0.0854. The summed E-state index contributed by atoms with van der Waals surface area (Å²) in [6.45, 7) is 2.81. The van der Waals surface area contributed by atoms with Crippen molar-refractivity contribution in [1.29, 1.82) is 0 Å². The van der Waals surface area contributed by atoms with Crippen LogP contribution < -0.4 is 5.32 Å². The first-order valence-corrected chi connectivity index (χ1v) is 7.15. The fourth-order valence-corrected chi connectivity index (χ4v) is 2.24. The van der Waals surface area contributed by atoms with E-state index < -0.39 is 11.8 Å². The monoisotopic (exact) mass is 306 g/mol. The fraction of sp³-hybridized carbons (Fsp3) is 0.500. The maximum atomic E-state index is 12.0. The number of piperidine rings is 1. The summed E-state index contributed by atoms with van der Waals surface area (Å²) in [5.74, 6) is -1.78. The summed E-state index contributed by atoms with van der Waals surface area (Å²) in [6.07, 6.45) is 3.94. The van der Waals surface area contributed by atoms with Gasteiger partial charge in [-0.15, -0.1) is 0 Å². The Balaban J connectivity index is 1.84. The van der Waals surface area contributed by atoms with E-state index in [9.17, 15) is 14.4 Å². The van der Waals surface area contributed by atoms with Gasteiger partial charge in [0, 0.05) is 25.5 Å². The Morgan fingerprint density at radius 3 is 2.50 bits per heavy atom. The molecule has 1 saturated heterocycles. The van der Waals surface area contributed by atoms with Crippen LogP contribution in [0, 0.1) is 5.92 Å². The third-order valence-corrected chi connectivity index (χ3v) is 3.39. The third-order valence-electron chi connectivity index (χ3n) is 3.39. The lowest BCUT2D eigenvalue weighted by molar-refractivity contribution is -0.152. The number of ether oxygens (including phenoxy) is 1. The van der Waals surface area contributed by atoms with E-state index >= 15 is 0 Å². The molecule has 2 rings (SSSR count). The van der Waals surface area contributed by atoms with Gasteiger partial charge in [0.25, 0.3) is 0 Å². The molecule has 1 aromatic rings. The number of nitrogens with one attached hydrogen (secondary N) is 1. The van der Waals surface area contributed by atoms with Crippen LogP contribution in [0.25, 0.3) is 0 Å². The fourth-order valence-electron chi connectivity index (χ4n) is 2.24. The Morgan fingerprint density at radius 2 is 1.91 bits per heavy atom. The highest BCUT2D eigenvalue weighted by atomic mass is 16.5. The smallest absolute Gasteiger partial charge is 0.316 e. The van der Waals surface area contributed by atoms with Crippen LogP contribution in [0.4, 0.5) is 5.95 Å². The predicted octanol–water partition coefficient (Wildman–Crippen LogP) is 0.217. The van der Waals surface area contributed by atoms with Crippen molar-refractivity contribution < 1.29 is 19.1 Å². The number of carbonyl (C=O) groups is 3. The van der Waals surface area contributed by atoms with Gasteiger partial charge in [-0.1, -0.05) is 0 Å². The zero-order valence-electron chi connectivity index (χ0n) is 12.3. The number of aromatic nitrogens is 2. The lowest BCUT2D eigenvalue weighted by atomic mass is 9.97. The molecule has 1 fully saturated rings. The van der Waals surface area contributed by atoms with Gasteiger partial charge >= 0.3 is 17.8 Å². The quantitative estimate of drug-likeness (QED) is 0.633. The Hall–Kier alpha value is -2.51. The number of nitrogens with zero attached hydrogens (tertiary/aromatic N) is 3. The maximum absolute atomic E-state index is 12.0. The Kier molecular flexibility index (Phi) is 5.40. The third kappa shape index (κ3) is 4.00. The number of likely N-dealkylation sites (tertiary alicyclic amines) is 1. The second kappa shape index (κ2) is 7.48. The van der Waals surface area contributed by atoms with Crippen LogP contribution in [0.5, 0.6) is 0 Å². The number of hydrogen-bond acceptors (Lipinski definition) is 6. The molecule has 2 heterocycles. The maximum Gasteiger partial charge on any atom is 0.316 e. The Labute approximate surface area is 127 Å². The van der Waals surface area contributed by atoms with Gasteiger partial charge in [0.2, 0.25) is 5.95 Å². The summed E-state index contributed by atoms with van der Waals surface area (Å²) >= 11 is 0. The molecule has 1 aliphatic heterocycles. The number of amides is 2. The first kappa shape index (κ1) is 15.9. The summed E-state index contributed by atoms with van der Waals surface area (Å²) < 4.78 is 4.97. The summed E-state index contributed by atoms with van der Waals surface area (Å²) in [4.78, 5) is 44.6. The highest BCUT2D eigenvalue weighted by Crippen LogP contribution is 2.18. The summed E-state index contributed by atoms with van der Waals surface area (Å²) in [5, 5.41) is 2.35. The molecule has 0 aromatic carbocycles. The van der Waals surface area contributed by atoms with Crippen molar-refractivity contribution in [2.45, 2.75) is 19.8 Å². The molecule has 0 aliphatic carbocycles. The predicted molar refractivity (Wildman–Crippen MR) is 76.6 cm³/mol. The van der Waals surface area contributed by atoms with Crippen molar-refractivity contribution in [2.75, 3.05) is 25.0 Å². The average molecular weight is 306 g/mol. The van der Waals surface area contributed by atoms with E-state index in [-0.39, 0.29) is 17.8 Å². The number of hydrogen-bond donors (Lipinski definition) is 1. The lowest BCUT2D eigenvalue weighted by Gasteiger charge is -2.30. The second-order valence-corrected chi connectivity index (χ2v) is 4.85. The van der Waals surface area contributed by atoms with Crippen LogP contribution >= 0.6 is 0 Å². The molecule has 0 saturated carbocycles. The largest absolute Gasteiger partial charge is 0.466 e. The van der Waals surface area contributed by atoms with Crippen LogP contribution in [0.3, 0.4) is 0 Å². The van der Waals surface area contributed by atoms with Crippen molar-refractivity contribution >= 4 is 23.7 Å². The molecule has 2 amide bonds. The molecule has 118 valence electrons. The highest BCUT2D eigenvalue weighted by Gasteiger charge is 2.30. The molecule has 0 unspecified atom stereocenters. The highest BCUT2D eigenvalue weighted by molar-refractivity contribution is 6.39.